The van der Waals surface area contributed by atoms with Crippen LogP contribution in [0.4, 0.5) is 10.2 Å². The molecule has 1 heterocycles. The number of nitriles is 1. The van der Waals surface area contributed by atoms with Crippen molar-refractivity contribution in [3.63, 3.8) is 0 Å². The number of pyridine rings is 1. The minimum absolute atomic E-state index is 0.181. The van der Waals surface area contributed by atoms with Crippen molar-refractivity contribution in [2.45, 2.75) is 13.5 Å². The van der Waals surface area contributed by atoms with Gasteiger partial charge in [-0.25, -0.2) is 9.37 Å². The van der Waals surface area contributed by atoms with E-state index in [-0.39, 0.29) is 18.2 Å². The van der Waals surface area contributed by atoms with Crippen molar-refractivity contribution in [2.24, 2.45) is 0 Å². The molecule has 0 unspecified atom stereocenters. The maximum absolute atomic E-state index is 13.2. The van der Waals surface area contributed by atoms with Crippen molar-refractivity contribution in [3.05, 3.63) is 95.4 Å². The van der Waals surface area contributed by atoms with E-state index in [2.05, 4.69) is 11.1 Å². The number of methoxy groups -OCH3 is 1. The smallest absolute Gasteiger partial charge is 0.161 e. The second-order valence-electron chi connectivity index (χ2n) is 7.47. The lowest BCUT2D eigenvalue weighted by Gasteiger charge is -2.18. The van der Waals surface area contributed by atoms with E-state index in [1.165, 1.54) is 12.1 Å². The molecule has 0 amide bonds. The Morgan fingerprint density at radius 2 is 1.67 bits per heavy atom. The summed E-state index contributed by atoms with van der Waals surface area (Å²) in [5.74, 6) is 0.921. The number of rotatable bonds is 6. The molecule has 0 saturated heterocycles. The lowest BCUT2D eigenvalue weighted by Crippen LogP contribution is -2.04. The van der Waals surface area contributed by atoms with Gasteiger partial charge in [0.2, 0.25) is 0 Å². The van der Waals surface area contributed by atoms with Crippen LogP contribution in [0.15, 0.2) is 72.8 Å². The summed E-state index contributed by atoms with van der Waals surface area (Å²) in [5, 5.41) is 9.88. The van der Waals surface area contributed by atoms with Gasteiger partial charge in [-0.15, -0.1) is 0 Å². The van der Waals surface area contributed by atoms with E-state index >= 15 is 0 Å². The van der Waals surface area contributed by atoms with Crippen molar-refractivity contribution in [1.29, 1.82) is 5.26 Å². The summed E-state index contributed by atoms with van der Waals surface area (Å²) in [5.41, 5.74) is 11.2. The summed E-state index contributed by atoms with van der Waals surface area (Å²) < 4.78 is 24.6. The molecule has 0 fully saturated rings. The number of aromatic nitrogens is 1. The molecule has 0 saturated carbocycles. The molecule has 0 aliphatic carbocycles. The molecule has 6 heteroatoms. The van der Waals surface area contributed by atoms with Gasteiger partial charge in [0.15, 0.2) is 11.5 Å². The summed E-state index contributed by atoms with van der Waals surface area (Å²) in [6.45, 7) is 2.14. The zero-order chi connectivity index (χ0) is 23.4. The first-order chi connectivity index (χ1) is 16.0. The van der Waals surface area contributed by atoms with E-state index in [0.717, 1.165) is 27.9 Å². The number of nitrogen functional groups attached to an aromatic ring is 1. The number of benzene rings is 3. The highest BCUT2D eigenvalue weighted by atomic mass is 19.1. The van der Waals surface area contributed by atoms with Gasteiger partial charge in [0, 0.05) is 16.8 Å². The monoisotopic (exact) mass is 439 g/mol. The van der Waals surface area contributed by atoms with E-state index in [9.17, 15) is 9.65 Å². The Morgan fingerprint density at radius 1 is 0.939 bits per heavy atom. The molecule has 4 aromatic rings. The average Bonchev–Trinajstić information content (AvgIpc) is 2.83. The minimum Gasteiger partial charge on any atom is -0.493 e. The first-order valence-corrected chi connectivity index (χ1v) is 10.3. The molecule has 0 bridgehead atoms. The van der Waals surface area contributed by atoms with Gasteiger partial charge in [-0.2, -0.15) is 5.26 Å². The average molecular weight is 439 g/mol. The van der Waals surface area contributed by atoms with Crippen molar-refractivity contribution in [2.75, 3.05) is 12.8 Å². The summed E-state index contributed by atoms with van der Waals surface area (Å²) >= 11 is 0. The van der Waals surface area contributed by atoms with E-state index in [0.29, 0.717) is 22.6 Å². The molecule has 0 aliphatic heterocycles. The predicted octanol–water partition coefficient (Wildman–Crippen LogP) is 5.90. The van der Waals surface area contributed by atoms with Crippen LogP contribution in [0.3, 0.4) is 0 Å². The van der Waals surface area contributed by atoms with Crippen LogP contribution in [0.25, 0.3) is 22.3 Å². The van der Waals surface area contributed by atoms with Crippen LogP contribution in [0, 0.1) is 24.1 Å². The summed E-state index contributed by atoms with van der Waals surface area (Å²) in [6.07, 6.45) is 0. The maximum atomic E-state index is 13.2. The van der Waals surface area contributed by atoms with Gasteiger partial charge in [-0.05, 0) is 47.9 Å². The van der Waals surface area contributed by atoms with Crippen LogP contribution in [-0.2, 0) is 6.61 Å². The Bertz CT molecular complexity index is 1330. The Hall–Kier alpha value is -4.37. The molecule has 0 atom stereocenters. The standard InChI is InChI=1S/C27H22FN3O2/c1-17-25(19-6-4-3-5-7-19)26(22(15-29)27(30)31-17)20-10-13-23(24(14-20)32-2)33-16-18-8-11-21(28)12-9-18/h3-14H,16H2,1-2H3,(H2,30,31). The number of nitrogens with zero attached hydrogens (tertiary/aromatic N) is 2. The van der Waals surface area contributed by atoms with Crippen LogP contribution in [-0.4, -0.2) is 12.1 Å². The van der Waals surface area contributed by atoms with Crippen LogP contribution in [0.2, 0.25) is 0 Å². The first kappa shape index (κ1) is 21.8. The molecule has 0 spiro atoms. The van der Waals surface area contributed by atoms with Crippen LogP contribution in [0.1, 0.15) is 16.8 Å². The molecule has 0 aliphatic rings. The van der Waals surface area contributed by atoms with E-state index in [4.69, 9.17) is 15.2 Å². The Morgan fingerprint density at radius 3 is 2.33 bits per heavy atom. The molecule has 33 heavy (non-hydrogen) atoms. The van der Waals surface area contributed by atoms with Gasteiger partial charge >= 0.3 is 0 Å². The highest BCUT2D eigenvalue weighted by Crippen LogP contribution is 2.41. The SMILES string of the molecule is COc1cc(-c2c(C#N)c(N)nc(C)c2-c2ccccc2)ccc1OCc1ccc(F)cc1. The lowest BCUT2D eigenvalue weighted by atomic mass is 9.90. The summed E-state index contributed by atoms with van der Waals surface area (Å²) in [4.78, 5) is 4.41. The molecule has 1 aromatic heterocycles. The molecular weight excluding hydrogens is 417 g/mol. The molecule has 4 rings (SSSR count). The van der Waals surface area contributed by atoms with E-state index in [1.807, 2.05) is 49.4 Å². The third-order valence-electron chi connectivity index (χ3n) is 5.34. The van der Waals surface area contributed by atoms with Crippen LogP contribution >= 0.6 is 0 Å². The number of hydrogen-bond donors (Lipinski definition) is 1. The molecular formula is C27H22FN3O2. The van der Waals surface area contributed by atoms with Crippen molar-refractivity contribution >= 4 is 5.82 Å². The maximum Gasteiger partial charge on any atom is 0.161 e. The fraction of sp³-hybridized carbons (Fsp3) is 0.111. The van der Waals surface area contributed by atoms with Gasteiger partial charge < -0.3 is 15.2 Å². The van der Waals surface area contributed by atoms with Crippen LogP contribution < -0.4 is 15.2 Å². The number of anilines is 1. The van der Waals surface area contributed by atoms with Gasteiger partial charge in [-0.1, -0.05) is 48.5 Å². The highest BCUT2D eigenvalue weighted by molar-refractivity contribution is 5.91. The van der Waals surface area contributed by atoms with Crippen molar-refractivity contribution in [3.8, 4) is 39.8 Å². The fourth-order valence-electron chi connectivity index (χ4n) is 3.77. The van der Waals surface area contributed by atoms with Gasteiger partial charge in [0.1, 0.15) is 29.9 Å². The number of aryl methyl sites for hydroxylation is 1. The fourth-order valence-corrected chi connectivity index (χ4v) is 3.77. The molecule has 3 aromatic carbocycles. The number of nitrogens with two attached hydrogens (primary N) is 1. The van der Waals surface area contributed by atoms with E-state index < -0.39 is 0 Å². The zero-order valence-electron chi connectivity index (χ0n) is 18.3. The van der Waals surface area contributed by atoms with Gasteiger partial charge in [0.25, 0.3) is 0 Å². The number of halogens is 1. The molecule has 2 N–H and O–H groups in total. The first-order valence-electron chi connectivity index (χ1n) is 10.3. The van der Waals surface area contributed by atoms with Gasteiger partial charge in [-0.3, -0.25) is 0 Å². The molecule has 0 radical (unpaired) electrons. The minimum atomic E-state index is -0.296. The number of ether oxygens (including phenoxy) is 2. The third kappa shape index (κ3) is 4.48. The summed E-state index contributed by atoms with van der Waals surface area (Å²) in [6, 6.07) is 23.6. The number of hydrogen-bond acceptors (Lipinski definition) is 5. The van der Waals surface area contributed by atoms with Gasteiger partial charge in [0.05, 0.1) is 7.11 Å². The second kappa shape index (κ2) is 9.41. The zero-order valence-corrected chi connectivity index (χ0v) is 18.3. The second-order valence-corrected chi connectivity index (χ2v) is 7.47. The topological polar surface area (TPSA) is 81.2 Å². The largest absolute Gasteiger partial charge is 0.493 e. The molecule has 164 valence electrons. The predicted molar refractivity (Wildman–Crippen MR) is 126 cm³/mol. The Kier molecular flexibility index (Phi) is 6.23. The normalized spacial score (nSPS) is 10.5. The highest BCUT2D eigenvalue weighted by Gasteiger charge is 2.20. The molecule has 5 nitrogen and oxygen atoms in total. The summed E-state index contributed by atoms with van der Waals surface area (Å²) in [7, 11) is 1.55. The van der Waals surface area contributed by atoms with E-state index in [1.54, 1.807) is 25.3 Å². The van der Waals surface area contributed by atoms with Crippen LogP contribution in [0.5, 0.6) is 11.5 Å². The Balaban J connectivity index is 1.79. The van der Waals surface area contributed by atoms with Crippen molar-refractivity contribution < 1.29 is 13.9 Å². The third-order valence-corrected chi connectivity index (χ3v) is 5.34. The quantitative estimate of drug-likeness (QED) is 0.404. The Labute approximate surface area is 191 Å². The van der Waals surface area contributed by atoms with Crippen molar-refractivity contribution in [1.82, 2.24) is 4.98 Å². The lowest BCUT2D eigenvalue weighted by molar-refractivity contribution is 0.284.